The van der Waals surface area contributed by atoms with Crippen LogP contribution in [0.5, 0.6) is 0 Å². The average molecular weight is 286 g/mol. The van der Waals surface area contributed by atoms with Crippen LogP contribution in [0.15, 0.2) is 34.4 Å². The molecule has 0 radical (unpaired) electrons. The van der Waals surface area contributed by atoms with Crippen molar-refractivity contribution in [3.8, 4) is 0 Å². The van der Waals surface area contributed by atoms with Gasteiger partial charge in [-0.3, -0.25) is 0 Å². The zero-order chi connectivity index (χ0) is 12.0. The largest absolute Gasteiger partial charge is 0.385 e. The van der Waals surface area contributed by atoms with Crippen LogP contribution < -0.4 is 5.32 Å². The molecule has 0 amide bonds. The van der Waals surface area contributed by atoms with Gasteiger partial charge >= 0.3 is 0 Å². The molecule has 1 aliphatic heterocycles. The molecule has 0 bridgehead atoms. The predicted octanol–water partition coefficient (Wildman–Crippen LogP) is 2.90. The van der Waals surface area contributed by atoms with Crippen molar-refractivity contribution >= 4 is 15.9 Å². The van der Waals surface area contributed by atoms with Gasteiger partial charge in [-0.15, -0.1) is 0 Å². The van der Waals surface area contributed by atoms with Crippen LogP contribution in [0.1, 0.15) is 26.7 Å². The maximum absolute atomic E-state index is 10.6. The van der Waals surface area contributed by atoms with Gasteiger partial charge in [0.1, 0.15) is 0 Å². The molecule has 3 heteroatoms. The number of rotatable bonds is 3. The lowest BCUT2D eigenvalue weighted by molar-refractivity contribution is 0.0497. The van der Waals surface area contributed by atoms with E-state index in [2.05, 4.69) is 21.2 Å². The molecule has 0 unspecified atom stereocenters. The van der Waals surface area contributed by atoms with E-state index in [1.165, 1.54) is 0 Å². The minimum atomic E-state index is -0.670. The number of allylic oxidation sites excluding steroid dienone is 4. The number of hydrogen-bond donors (Lipinski definition) is 2. The highest BCUT2D eigenvalue weighted by Gasteiger charge is 2.31. The Labute approximate surface area is 106 Å². The van der Waals surface area contributed by atoms with E-state index >= 15 is 0 Å². The Morgan fingerprint density at radius 2 is 1.94 bits per heavy atom. The molecule has 90 valence electrons. The van der Waals surface area contributed by atoms with Crippen molar-refractivity contribution < 1.29 is 5.11 Å². The van der Waals surface area contributed by atoms with Gasteiger partial charge in [-0.25, -0.2) is 0 Å². The van der Waals surface area contributed by atoms with Gasteiger partial charge in [-0.2, -0.15) is 0 Å². The summed E-state index contributed by atoms with van der Waals surface area (Å²) in [4.78, 5) is 0. The number of hydrogen-bond acceptors (Lipinski definition) is 2. The highest BCUT2D eigenvalue weighted by molar-refractivity contribution is 9.11. The van der Waals surface area contributed by atoms with Crippen LogP contribution in [0.3, 0.4) is 0 Å². The normalized spacial score (nSPS) is 22.8. The molecule has 0 aromatic heterocycles. The summed E-state index contributed by atoms with van der Waals surface area (Å²) in [5, 5.41) is 13.8. The first kappa shape index (κ1) is 13.7. The summed E-state index contributed by atoms with van der Waals surface area (Å²) in [6.45, 7) is 5.71. The molecule has 0 aromatic carbocycles. The van der Waals surface area contributed by atoms with E-state index in [1.54, 1.807) is 0 Å². The fraction of sp³-hybridized carbons (Fsp3) is 0.538. The lowest BCUT2D eigenvalue weighted by Crippen LogP contribution is -2.42. The van der Waals surface area contributed by atoms with Crippen LogP contribution in [0.4, 0.5) is 0 Å². The zero-order valence-corrected chi connectivity index (χ0v) is 11.5. The third kappa shape index (κ3) is 3.89. The summed E-state index contributed by atoms with van der Waals surface area (Å²) < 4.78 is 1.06. The Kier molecular flexibility index (Phi) is 5.46. The molecule has 0 atom stereocenters. The Hall–Kier alpha value is -0.380. The van der Waals surface area contributed by atoms with E-state index in [9.17, 15) is 5.11 Å². The van der Waals surface area contributed by atoms with Gasteiger partial charge in [0.15, 0.2) is 0 Å². The molecular formula is C13H20BrNO. The highest BCUT2D eigenvalue weighted by atomic mass is 79.9. The Morgan fingerprint density at radius 3 is 2.44 bits per heavy atom. The quantitative estimate of drug-likeness (QED) is 0.782. The van der Waals surface area contributed by atoms with E-state index in [1.807, 2.05) is 38.2 Å². The van der Waals surface area contributed by atoms with Crippen LogP contribution in [-0.2, 0) is 0 Å². The van der Waals surface area contributed by atoms with Crippen LogP contribution in [0, 0.1) is 0 Å². The summed E-state index contributed by atoms with van der Waals surface area (Å²) >= 11 is 3.39. The predicted molar refractivity (Wildman–Crippen MR) is 72.6 cm³/mol. The molecule has 16 heavy (non-hydrogen) atoms. The number of aliphatic hydroxyl groups is 1. The topological polar surface area (TPSA) is 32.3 Å². The van der Waals surface area contributed by atoms with Crippen molar-refractivity contribution in [2.24, 2.45) is 0 Å². The second kappa shape index (κ2) is 6.38. The molecule has 0 saturated carbocycles. The van der Waals surface area contributed by atoms with E-state index in [4.69, 9.17) is 0 Å². The van der Waals surface area contributed by atoms with E-state index in [0.717, 1.165) is 36.0 Å². The van der Waals surface area contributed by atoms with Crippen molar-refractivity contribution in [2.75, 3.05) is 13.1 Å². The maximum atomic E-state index is 10.6. The molecular weight excluding hydrogens is 266 g/mol. The van der Waals surface area contributed by atoms with Gasteiger partial charge in [0, 0.05) is 0 Å². The number of piperidine rings is 1. The minimum Gasteiger partial charge on any atom is -0.385 e. The van der Waals surface area contributed by atoms with E-state index < -0.39 is 5.60 Å². The van der Waals surface area contributed by atoms with Crippen LogP contribution >= 0.6 is 15.9 Å². The number of halogens is 1. The zero-order valence-electron chi connectivity index (χ0n) is 9.96. The third-order valence-corrected chi connectivity index (χ3v) is 3.07. The first-order chi connectivity index (χ1) is 7.58. The molecule has 1 fully saturated rings. The van der Waals surface area contributed by atoms with Gasteiger partial charge in [0.25, 0.3) is 0 Å². The molecule has 2 nitrogen and oxygen atoms in total. The van der Waals surface area contributed by atoms with Crippen molar-refractivity contribution in [3.05, 3.63) is 34.4 Å². The van der Waals surface area contributed by atoms with Crippen LogP contribution in [-0.4, -0.2) is 23.8 Å². The first-order valence-corrected chi connectivity index (χ1v) is 6.48. The molecule has 1 heterocycles. The summed E-state index contributed by atoms with van der Waals surface area (Å²) in [5.74, 6) is 0. The van der Waals surface area contributed by atoms with Crippen molar-refractivity contribution in [1.82, 2.24) is 5.32 Å². The van der Waals surface area contributed by atoms with Gasteiger partial charge < -0.3 is 10.4 Å². The van der Waals surface area contributed by atoms with Gasteiger partial charge in [0.05, 0.1) is 5.60 Å². The maximum Gasteiger partial charge on any atom is 0.0920 e. The summed E-state index contributed by atoms with van der Waals surface area (Å²) in [6.07, 6.45) is 9.50. The molecule has 1 aliphatic rings. The van der Waals surface area contributed by atoms with Gasteiger partial charge in [-0.1, -0.05) is 40.2 Å². The fourth-order valence-corrected chi connectivity index (χ4v) is 2.01. The second-order valence-electron chi connectivity index (χ2n) is 4.16. The lowest BCUT2D eigenvalue weighted by atomic mass is 9.84. The molecule has 0 aliphatic carbocycles. The highest BCUT2D eigenvalue weighted by Crippen LogP contribution is 2.28. The summed E-state index contributed by atoms with van der Waals surface area (Å²) in [6, 6.07) is 0. The Balaban J connectivity index is 2.91. The molecule has 1 saturated heterocycles. The smallest absolute Gasteiger partial charge is 0.0920 e. The fourth-order valence-electron chi connectivity index (χ4n) is 1.88. The minimum absolute atomic E-state index is 0.670. The van der Waals surface area contributed by atoms with Gasteiger partial charge in [0.2, 0.25) is 0 Å². The van der Waals surface area contributed by atoms with Crippen molar-refractivity contribution in [2.45, 2.75) is 32.3 Å². The monoisotopic (exact) mass is 285 g/mol. The first-order valence-electron chi connectivity index (χ1n) is 5.69. The Morgan fingerprint density at radius 1 is 1.31 bits per heavy atom. The van der Waals surface area contributed by atoms with Gasteiger partial charge in [-0.05, 0) is 49.8 Å². The standard InChI is InChI=1S/C13H20BrNO/c1-3-4-12(6-5-11(2)14)13(16)7-9-15-10-8-13/h3-6,15-16H,7-10H2,1-2H3/b4-3-,11-5+,12-6+. The molecule has 1 rings (SSSR count). The van der Waals surface area contributed by atoms with Crippen LogP contribution in [0.25, 0.3) is 0 Å². The summed E-state index contributed by atoms with van der Waals surface area (Å²) in [5.41, 5.74) is 0.326. The summed E-state index contributed by atoms with van der Waals surface area (Å²) in [7, 11) is 0. The van der Waals surface area contributed by atoms with Crippen molar-refractivity contribution in [1.29, 1.82) is 0 Å². The lowest BCUT2D eigenvalue weighted by Gasteiger charge is -2.33. The number of nitrogens with one attached hydrogen (secondary N) is 1. The van der Waals surface area contributed by atoms with E-state index in [-0.39, 0.29) is 0 Å². The molecule has 2 N–H and O–H groups in total. The van der Waals surface area contributed by atoms with Crippen molar-refractivity contribution in [3.63, 3.8) is 0 Å². The average Bonchev–Trinajstić information content (AvgIpc) is 2.24. The third-order valence-electron chi connectivity index (χ3n) is 2.81. The Bertz CT molecular complexity index is 308. The molecule has 0 aromatic rings. The second-order valence-corrected chi connectivity index (χ2v) is 5.41. The SMILES string of the molecule is C\C=C/C(=C\C=C(/C)Br)C1(O)CCNCC1. The van der Waals surface area contributed by atoms with E-state index in [0.29, 0.717) is 0 Å². The van der Waals surface area contributed by atoms with Crippen LogP contribution in [0.2, 0.25) is 0 Å². The molecule has 0 spiro atoms.